The Morgan fingerprint density at radius 2 is 2.05 bits per heavy atom. The summed E-state index contributed by atoms with van der Waals surface area (Å²) >= 11 is 0. The fourth-order valence-corrected chi connectivity index (χ4v) is 2.76. The van der Waals surface area contributed by atoms with Crippen LogP contribution in [0.4, 0.5) is 0 Å². The number of rotatable bonds is 1. The number of piperidine rings is 1. The van der Waals surface area contributed by atoms with Crippen molar-refractivity contribution in [3.63, 3.8) is 0 Å². The number of H-pyrrole nitrogens is 1. The molecule has 5 heteroatoms. The first-order valence-corrected chi connectivity index (χ1v) is 7.01. The van der Waals surface area contributed by atoms with Crippen LogP contribution in [0, 0.1) is 0 Å². The molecule has 21 heavy (non-hydrogen) atoms. The van der Waals surface area contributed by atoms with Crippen LogP contribution in [0.5, 0.6) is 0 Å². The third kappa shape index (κ3) is 2.46. The molecule has 1 aromatic heterocycles. The number of carbonyl (C=O) groups is 2. The Hall–Kier alpha value is -2.43. The van der Waals surface area contributed by atoms with Gasteiger partial charge in [0.2, 0.25) is 5.56 Å². The lowest BCUT2D eigenvalue weighted by Crippen LogP contribution is -2.46. The topological polar surface area (TPSA) is 70.2 Å². The number of para-hydroxylation sites is 1. The Morgan fingerprint density at radius 3 is 2.86 bits per heavy atom. The number of Topliss-reactive ketones (excluding diaryl/α,β-unsaturated/α-hetero) is 1. The summed E-state index contributed by atoms with van der Waals surface area (Å²) in [7, 11) is 0. The number of benzene rings is 1. The number of fused-ring (bicyclic) bond motifs is 1. The van der Waals surface area contributed by atoms with Gasteiger partial charge in [0.25, 0.3) is 5.91 Å². The van der Waals surface area contributed by atoms with Gasteiger partial charge in [-0.15, -0.1) is 0 Å². The van der Waals surface area contributed by atoms with E-state index in [0.29, 0.717) is 29.3 Å². The number of nitrogens with zero attached hydrogens (tertiary/aromatic N) is 1. The van der Waals surface area contributed by atoms with Gasteiger partial charge in [-0.3, -0.25) is 14.4 Å². The third-order valence-corrected chi connectivity index (χ3v) is 3.96. The Labute approximate surface area is 121 Å². The molecule has 2 heterocycles. The average Bonchev–Trinajstić information content (AvgIpc) is 2.48. The maximum absolute atomic E-state index is 12.7. The first-order chi connectivity index (χ1) is 10.1. The Kier molecular flexibility index (Phi) is 3.33. The number of aromatic nitrogens is 1. The maximum Gasteiger partial charge on any atom is 0.255 e. The second kappa shape index (κ2) is 5.16. The molecule has 3 rings (SSSR count). The van der Waals surface area contributed by atoms with E-state index in [1.165, 1.54) is 6.07 Å². The summed E-state index contributed by atoms with van der Waals surface area (Å²) in [5, 5.41) is 0.701. The van der Waals surface area contributed by atoms with E-state index >= 15 is 0 Å². The number of hydrogen-bond donors (Lipinski definition) is 1. The van der Waals surface area contributed by atoms with E-state index < -0.39 is 0 Å². The van der Waals surface area contributed by atoms with E-state index in [9.17, 15) is 14.4 Å². The molecule has 1 fully saturated rings. The summed E-state index contributed by atoms with van der Waals surface area (Å²) in [6, 6.07) is 8.51. The summed E-state index contributed by atoms with van der Waals surface area (Å²) in [5.41, 5.74) is 0.674. The minimum absolute atomic E-state index is 0.00764. The zero-order valence-corrected chi connectivity index (χ0v) is 11.8. The van der Waals surface area contributed by atoms with Gasteiger partial charge in [0, 0.05) is 29.4 Å². The van der Waals surface area contributed by atoms with Crippen molar-refractivity contribution in [2.24, 2.45) is 0 Å². The summed E-state index contributed by atoms with van der Waals surface area (Å²) in [6.07, 6.45) is 1.19. The monoisotopic (exact) mass is 284 g/mol. The van der Waals surface area contributed by atoms with E-state index in [0.717, 1.165) is 0 Å². The summed E-state index contributed by atoms with van der Waals surface area (Å²) in [4.78, 5) is 40.4. The molecule has 1 aliphatic heterocycles. The summed E-state index contributed by atoms with van der Waals surface area (Å²) in [6.45, 7) is 2.06. The summed E-state index contributed by atoms with van der Waals surface area (Å²) < 4.78 is 0. The number of amides is 1. The van der Waals surface area contributed by atoms with Crippen LogP contribution in [0.1, 0.15) is 30.1 Å². The maximum atomic E-state index is 12.7. The number of aromatic amines is 1. The van der Waals surface area contributed by atoms with E-state index in [-0.39, 0.29) is 29.8 Å². The number of hydrogen-bond acceptors (Lipinski definition) is 3. The van der Waals surface area contributed by atoms with Crippen LogP contribution < -0.4 is 5.56 Å². The molecule has 2 aromatic rings. The zero-order chi connectivity index (χ0) is 15.0. The van der Waals surface area contributed by atoms with Crippen molar-refractivity contribution in [2.75, 3.05) is 6.54 Å². The standard InChI is InChI=1S/C16H16N2O3/c1-10-6-7-11(19)9-18(10)16(21)13-8-15(20)17-14-5-3-2-4-12(13)14/h2-5,8,10H,6-7,9H2,1H3,(H,17,20). The van der Waals surface area contributed by atoms with E-state index in [1.807, 2.05) is 13.0 Å². The highest BCUT2D eigenvalue weighted by Gasteiger charge is 2.29. The highest BCUT2D eigenvalue weighted by atomic mass is 16.2. The Morgan fingerprint density at radius 1 is 1.29 bits per heavy atom. The normalized spacial score (nSPS) is 19.0. The molecule has 108 valence electrons. The molecule has 5 nitrogen and oxygen atoms in total. The molecule has 0 radical (unpaired) electrons. The van der Waals surface area contributed by atoms with E-state index in [4.69, 9.17) is 0 Å². The number of ketones is 1. The van der Waals surface area contributed by atoms with Crippen LogP contribution in [0.3, 0.4) is 0 Å². The fraction of sp³-hybridized carbons (Fsp3) is 0.312. The largest absolute Gasteiger partial charge is 0.329 e. The first-order valence-electron chi connectivity index (χ1n) is 7.01. The minimum Gasteiger partial charge on any atom is -0.329 e. The van der Waals surface area contributed by atoms with Gasteiger partial charge in [0.05, 0.1) is 12.1 Å². The van der Waals surface area contributed by atoms with E-state index in [2.05, 4.69) is 4.98 Å². The summed E-state index contributed by atoms with van der Waals surface area (Å²) in [5.74, 6) is -0.187. The highest BCUT2D eigenvalue weighted by Crippen LogP contribution is 2.21. The molecule has 1 unspecified atom stereocenters. The molecule has 1 aromatic carbocycles. The first kappa shape index (κ1) is 13.5. The molecule has 0 aliphatic carbocycles. The van der Waals surface area contributed by atoms with Crippen LogP contribution in [-0.2, 0) is 4.79 Å². The number of carbonyl (C=O) groups excluding carboxylic acids is 2. The van der Waals surface area contributed by atoms with Crippen LogP contribution in [0.25, 0.3) is 10.9 Å². The number of nitrogens with one attached hydrogen (secondary N) is 1. The van der Waals surface area contributed by atoms with Crippen LogP contribution in [0.15, 0.2) is 35.1 Å². The van der Waals surface area contributed by atoms with Gasteiger partial charge < -0.3 is 9.88 Å². The quantitative estimate of drug-likeness (QED) is 0.866. The van der Waals surface area contributed by atoms with Crippen molar-refractivity contribution in [3.05, 3.63) is 46.2 Å². The molecule has 1 atom stereocenters. The number of pyridine rings is 1. The molecular formula is C16H16N2O3. The smallest absolute Gasteiger partial charge is 0.255 e. The van der Waals surface area contributed by atoms with Gasteiger partial charge in [-0.25, -0.2) is 0 Å². The van der Waals surface area contributed by atoms with Crippen molar-refractivity contribution >= 4 is 22.6 Å². The van der Waals surface area contributed by atoms with Gasteiger partial charge in [-0.05, 0) is 19.4 Å². The van der Waals surface area contributed by atoms with Crippen molar-refractivity contribution in [3.8, 4) is 0 Å². The van der Waals surface area contributed by atoms with Crippen molar-refractivity contribution in [1.82, 2.24) is 9.88 Å². The molecular weight excluding hydrogens is 268 g/mol. The SMILES string of the molecule is CC1CCC(=O)CN1C(=O)c1cc(=O)[nH]c2ccccc12. The Balaban J connectivity index is 2.09. The van der Waals surface area contributed by atoms with Gasteiger partial charge >= 0.3 is 0 Å². The highest BCUT2D eigenvalue weighted by molar-refractivity contribution is 6.07. The molecule has 1 amide bonds. The van der Waals surface area contributed by atoms with Crippen LogP contribution >= 0.6 is 0 Å². The third-order valence-electron chi connectivity index (χ3n) is 3.96. The Bertz CT molecular complexity index is 778. The molecule has 0 saturated carbocycles. The van der Waals surface area contributed by atoms with Gasteiger partial charge in [0.1, 0.15) is 0 Å². The van der Waals surface area contributed by atoms with Gasteiger partial charge in [0.15, 0.2) is 5.78 Å². The van der Waals surface area contributed by atoms with Crippen LogP contribution in [0.2, 0.25) is 0 Å². The lowest BCUT2D eigenvalue weighted by molar-refractivity contribution is -0.122. The number of likely N-dealkylation sites (tertiary alicyclic amines) is 1. The van der Waals surface area contributed by atoms with Gasteiger partial charge in [-0.2, -0.15) is 0 Å². The second-order valence-corrected chi connectivity index (χ2v) is 5.45. The predicted octanol–water partition coefficient (Wildman–Crippen LogP) is 1.72. The average molecular weight is 284 g/mol. The molecule has 0 spiro atoms. The second-order valence-electron chi connectivity index (χ2n) is 5.45. The van der Waals surface area contributed by atoms with E-state index in [1.54, 1.807) is 23.1 Å². The predicted molar refractivity (Wildman–Crippen MR) is 79.3 cm³/mol. The molecule has 1 saturated heterocycles. The molecule has 1 N–H and O–H groups in total. The molecule has 1 aliphatic rings. The van der Waals surface area contributed by atoms with Gasteiger partial charge in [-0.1, -0.05) is 18.2 Å². The van der Waals surface area contributed by atoms with Crippen molar-refractivity contribution < 1.29 is 9.59 Å². The minimum atomic E-state index is -0.312. The lowest BCUT2D eigenvalue weighted by atomic mass is 10.00. The lowest BCUT2D eigenvalue weighted by Gasteiger charge is -2.32. The fourth-order valence-electron chi connectivity index (χ4n) is 2.76. The van der Waals surface area contributed by atoms with Crippen LogP contribution in [-0.4, -0.2) is 34.2 Å². The van der Waals surface area contributed by atoms with Crippen molar-refractivity contribution in [2.45, 2.75) is 25.8 Å². The zero-order valence-electron chi connectivity index (χ0n) is 11.8. The van der Waals surface area contributed by atoms with Crippen molar-refractivity contribution in [1.29, 1.82) is 0 Å². The molecule has 0 bridgehead atoms.